The van der Waals surface area contributed by atoms with Gasteiger partial charge < -0.3 is 10.6 Å². The number of hydrogen-bond donors (Lipinski definition) is 1. The number of carbonyl (C=O) groups excluding carboxylic acids is 1. The Bertz CT molecular complexity index is 574. The second-order valence-corrected chi connectivity index (χ2v) is 5.97. The van der Waals surface area contributed by atoms with Gasteiger partial charge in [0.15, 0.2) is 0 Å². The van der Waals surface area contributed by atoms with Crippen molar-refractivity contribution < 1.29 is 9.72 Å². The molecule has 1 amide bonds. The molecule has 1 fully saturated rings. The molecule has 22 heavy (non-hydrogen) atoms. The Hall–Kier alpha value is -1.95. The molecule has 6 nitrogen and oxygen atoms in total. The second-order valence-electron chi connectivity index (χ2n) is 5.97. The fraction of sp³-hybridized carbons (Fsp3) is 0.562. The molecule has 0 radical (unpaired) electrons. The van der Waals surface area contributed by atoms with Crippen molar-refractivity contribution >= 4 is 11.6 Å². The number of hydrogen-bond acceptors (Lipinski definition) is 4. The Kier molecular flexibility index (Phi) is 5.13. The first-order chi connectivity index (χ1) is 10.5. The molecule has 1 aromatic carbocycles. The third kappa shape index (κ3) is 3.27. The smallest absolute Gasteiger partial charge is 0.273 e. The van der Waals surface area contributed by atoms with Gasteiger partial charge in [-0.25, -0.2) is 0 Å². The molecular weight excluding hydrogens is 282 g/mol. The van der Waals surface area contributed by atoms with Gasteiger partial charge in [-0.15, -0.1) is 0 Å². The van der Waals surface area contributed by atoms with Crippen LogP contribution in [-0.4, -0.2) is 34.9 Å². The van der Waals surface area contributed by atoms with Gasteiger partial charge in [0.1, 0.15) is 0 Å². The number of nitro groups is 1. The number of likely N-dealkylation sites (tertiary alicyclic amines) is 1. The molecular formula is C16H23N3O3. The minimum atomic E-state index is -0.422. The molecule has 0 aromatic heterocycles. The molecule has 6 heteroatoms. The molecule has 0 spiro atoms. The number of carbonyl (C=O) groups is 1. The summed E-state index contributed by atoms with van der Waals surface area (Å²) >= 11 is 0. The van der Waals surface area contributed by atoms with Crippen LogP contribution in [0.15, 0.2) is 18.2 Å². The molecule has 2 atom stereocenters. The molecule has 2 N–H and O–H groups in total. The maximum Gasteiger partial charge on any atom is 0.273 e. The Balaban J connectivity index is 2.29. The van der Waals surface area contributed by atoms with E-state index in [0.717, 1.165) is 12.8 Å². The van der Waals surface area contributed by atoms with Crippen LogP contribution in [0.4, 0.5) is 5.69 Å². The molecule has 120 valence electrons. The van der Waals surface area contributed by atoms with Gasteiger partial charge in [0.2, 0.25) is 0 Å². The van der Waals surface area contributed by atoms with E-state index in [-0.39, 0.29) is 17.6 Å². The summed E-state index contributed by atoms with van der Waals surface area (Å²) in [6.07, 6.45) is 2.40. The molecule has 0 saturated carbocycles. The number of benzene rings is 1. The van der Waals surface area contributed by atoms with E-state index < -0.39 is 4.92 Å². The van der Waals surface area contributed by atoms with Gasteiger partial charge in [0.05, 0.1) is 4.92 Å². The number of nitro benzene ring substituents is 1. The molecule has 0 bridgehead atoms. The summed E-state index contributed by atoms with van der Waals surface area (Å²) in [7, 11) is 0. The van der Waals surface area contributed by atoms with E-state index in [1.54, 1.807) is 17.0 Å². The van der Waals surface area contributed by atoms with Crippen molar-refractivity contribution in [3.05, 3.63) is 39.4 Å². The average molecular weight is 305 g/mol. The first-order valence-corrected chi connectivity index (χ1v) is 7.76. The Morgan fingerprint density at radius 3 is 2.82 bits per heavy atom. The lowest BCUT2D eigenvalue weighted by Crippen LogP contribution is -2.49. The standard InChI is InChI=1S/C16H23N3O3/c1-3-12-4-5-13(9-15(12)19(21)22)16(20)18-7-6-11(2)8-14(18)10-17/h4-5,9,11,14H,3,6-8,10,17H2,1-2H3. The van der Waals surface area contributed by atoms with Crippen molar-refractivity contribution in [3.8, 4) is 0 Å². The van der Waals surface area contributed by atoms with Crippen molar-refractivity contribution in [3.63, 3.8) is 0 Å². The van der Waals surface area contributed by atoms with Gasteiger partial charge in [0.25, 0.3) is 11.6 Å². The lowest BCUT2D eigenvalue weighted by atomic mass is 9.91. The molecule has 2 unspecified atom stereocenters. The number of rotatable bonds is 4. The van der Waals surface area contributed by atoms with E-state index in [2.05, 4.69) is 6.92 Å². The van der Waals surface area contributed by atoms with Crippen molar-refractivity contribution in [2.75, 3.05) is 13.1 Å². The molecule has 1 aliphatic rings. The van der Waals surface area contributed by atoms with Gasteiger partial charge >= 0.3 is 0 Å². The largest absolute Gasteiger partial charge is 0.334 e. The predicted octanol–water partition coefficient (Wildman–Crippen LogP) is 2.36. The van der Waals surface area contributed by atoms with E-state index in [4.69, 9.17) is 5.73 Å². The zero-order valence-corrected chi connectivity index (χ0v) is 13.1. The van der Waals surface area contributed by atoms with Crippen LogP contribution < -0.4 is 5.73 Å². The Labute approximate surface area is 130 Å². The SMILES string of the molecule is CCc1ccc(C(=O)N2CCC(C)CC2CN)cc1[N+](=O)[O-]. The van der Waals surface area contributed by atoms with E-state index in [0.29, 0.717) is 36.6 Å². The van der Waals surface area contributed by atoms with Crippen molar-refractivity contribution in [1.29, 1.82) is 0 Å². The number of aryl methyl sites for hydroxylation is 1. The fourth-order valence-corrected chi connectivity index (χ4v) is 3.07. The predicted molar refractivity (Wildman–Crippen MR) is 84.8 cm³/mol. The first kappa shape index (κ1) is 16.4. The van der Waals surface area contributed by atoms with Gasteiger partial charge in [-0.1, -0.05) is 19.9 Å². The summed E-state index contributed by atoms with van der Waals surface area (Å²) < 4.78 is 0. The van der Waals surface area contributed by atoms with Gasteiger partial charge in [-0.3, -0.25) is 14.9 Å². The van der Waals surface area contributed by atoms with Crippen LogP contribution in [-0.2, 0) is 6.42 Å². The topological polar surface area (TPSA) is 89.5 Å². The summed E-state index contributed by atoms with van der Waals surface area (Å²) in [6.45, 7) is 5.10. The molecule has 0 aliphatic carbocycles. The number of piperidine rings is 1. The summed E-state index contributed by atoms with van der Waals surface area (Å²) in [5, 5.41) is 11.2. The average Bonchev–Trinajstić information content (AvgIpc) is 2.53. The van der Waals surface area contributed by atoms with Gasteiger partial charge in [0, 0.05) is 36.3 Å². The summed E-state index contributed by atoms with van der Waals surface area (Å²) in [5.74, 6) is 0.391. The van der Waals surface area contributed by atoms with Crippen molar-refractivity contribution in [1.82, 2.24) is 4.90 Å². The minimum Gasteiger partial charge on any atom is -0.334 e. The lowest BCUT2D eigenvalue weighted by Gasteiger charge is -2.38. The van der Waals surface area contributed by atoms with Gasteiger partial charge in [-0.2, -0.15) is 0 Å². The molecule has 2 rings (SSSR count). The third-order valence-electron chi connectivity index (χ3n) is 4.42. The van der Waals surface area contributed by atoms with Crippen molar-refractivity contribution in [2.24, 2.45) is 11.7 Å². The fourth-order valence-electron chi connectivity index (χ4n) is 3.07. The van der Waals surface area contributed by atoms with Gasteiger partial charge in [-0.05, 0) is 31.2 Å². The molecule has 1 saturated heterocycles. The maximum atomic E-state index is 12.7. The Morgan fingerprint density at radius 2 is 2.23 bits per heavy atom. The monoisotopic (exact) mass is 305 g/mol. The van der Waals surface area contributed by atoms with Crippen LogP contribution >= 0.6 is 0 Å². The zero-order valence-electron chi connectivity index (χ0n) is 13.1. The highest BCUT2D eigenvalue weighted by atomic mass is 16.6. The van der Waals surface area contributed by atoms with E-state index >= 15 is 0 Å². The van der Waals surface area contributed by atoms with E-state index in [9.17, 15) is 14.9 Å². The molecule has 1 heterocycles. The minimum absolute atomic E-state index is 0.0150. The second kappa shape index (κ2) is 6.87. The molecule has 1 aromatic rings. The molecule has 1 aliphatic heterocycles. The number of nitrogens with two attached hydrogens (primary N) is 1. The van der Waals surface area contributed by atoms with Crippen LogP contribution in [0.2, 0.25) is 0 Å². The van der Waals surface area contributed by atoms with Crippen LogP contribution in [0, 0.1) is 16.0 Å². The zero-order chi connectivity index (χ0) is 16.3. The highest BCUT2D eigenvalue weighted by Crippen LogP contribution is 2.26. The van der Waals surface area contributed by atoms with Crippen LogP contribution in [0.25, 0.3) is 0 Å². The number of nitrogens with zero attached hydrogens (tertiary/aromatic N) is 2. The Morgan fingerprint density at radius 1 is 1.50 bits per heavy atom. The van der Waals surface area contributed by atoms with E-state index in [1.165, 1.54) is 6.07 Å². The van der Waals surface area contributed by atoms with E-state index in [1.807, 2.05) is 6.92 Å². The van der Waals surface area contributed by atoms with Crippen LogP contribution in [0.3, 0.4) is 0 Å². The third-order valence-corrected chi connectivity index (χ3v) is 4.42. The highest BCUT2D eigenvalue weighted by molar-refractivity contribution is 5.95. The summed E-state index contributed by atoms with van der Waals surface area (Å²) in [4.78, 5) is 25.2. The van der Waals surface area contributed by atoms with Crippen LogP contribution in [0.5, 0.6) is 0 Å². The van der Waals surface area contributed by atoms with Crippen molar-refractivity contribution in [2.45, 2.75) is 39.2 Å². The highest BCUT2D eigenvalue weighted by Gasteiger charge is 2.30. The summed E-state index contributed by atoms with van der Waals surface area (Å²) in [6, 6.07) is 4.77. The lowest BCUT2D eigenvalue weighted by molar-refractivity contribution is -0.385. The van der Waals surface area contributed by atoms with Crippen LogP contribution in [0.1, 0.15) is 42.6 Å². The normalized spacial score (nSPS) is 21.7. The quantitative estimate of drug-likeness (QED) is 0.683. The maximum absolute atomic E-state index is 12.7. The number of amides is 1. The first-order valence-electron chi connectivity index (χ1n) is 7.76. The summed E-state index contributed by atoms with van der Waals surface area (Å²) in [5.41, 5.74) is 6.82.